The number of nitrogens with zero attached hydrogens (tertiary/aromatic N) is 1. The number of non-ortho nitro benzene ring substituents is 1. The van der Waals surface area contributed by atoms with E-state index in [2.05, 4.69) is 19.2 Å². The first-order valence-electron chi connectivity index (χ1n) is 5.86. The van der Waals surface area contributed by atoms with E-state index in [0.717, 1.165) is 19.4 Å². The lowest BCUT2D eigenvalue weighted by atomic mass is 10.0. The first kappa shape index (κ1) is 15.1. The molecule has 0 unspecified atom stereocenters. The van der Waals surface area contributed by atoms with Crippen LogP contribution in [0.4, 0.5) is 11.4 Å². The molecule has 1 aromatic rings. The Hall–Kier alpha value is -1.00. The molecule has 0 radical (unpaired) electrons. The van der Waals surface area contributed by atoms with Gasteiger partial charge in [-0.3, -0.25) is 10.1 Å². The number of hydrogen-bond acceptors (Lipinski definition) is 3. The number of rotatable bonds is 6. The van der Waals surface area contributed by atoms with Gasteiger partial charge in [0.15, 0.2) is 0 Å². The van der Waals surface area contributed by atoms with Gasteiger partial charge >= 0.3 is 0 Å². The summed E-state index contributed by atoms with van der Waals surface area (Å²) in [5.41, 5.74) is 0.467. The Morgan fingerprint density at radius 1 is 1.28 bits per heavy atom. The van der Waals surface area contributed by atoms with Crippen LogP contribution in [-0.2, 0) is 0 Å². The fraction of sp³-hybridized carbons (Fsp3) is 0.500. The maximum atomic E-state index is 10.6. The van der Waals surface area contributed by atoms with Gasteiger partial charge in [-0.15, -0.1) is 0 Å². The highest BCUT2D eigenvalue weighted by atomic mass is 35.5. The standard InChI is InChI=1S/C12H16Cl2N2O2/c1-3-8(4-2)7-15-12-10(13)5-9(16(17)18)6-11(12)14/h5-6,8,15H,3-4,7H2,1-2H3. The predicted molar refractivity (Wildman–Crippen MR) is 75.7 cm³/mol. The van der Waals surface area contributed by atoms with Crippen LogP contribution in [0.15, 0.2) is 12.1 Å². The summed E-state index contributed by atoms with van der Waals surface area (Å²) in [6, 6.07) is 2.62. The molecular weight excluding hydrogens is 275 g/mol. The summed E-state index contributed by atoms with van der Waals surface area (Å²) in [6.07, 6.45) is 2.12. The molecule has 100 valence electrons. The molecule has 6 heteroatoms. The van der Waals surface area contributed by atoms with Crippen molar-refractivity contribution in [2.24, 2.45) is 5.92 Å². The lowest BCUT2D eigenvalue weighted by Gasteiger charge is -2.16. The van der Waals surface area contributed by atoms with Crippen LogP contribution in [0.1, 0.15) is 26.7 Å². The molecule has 0 spiro atoms. The Morgan fingerprint density at radius 2 is 1.78 bits per heavy atom. The third-order valence-electron chi connectivity index (χ3n) is 2.96. The Morgan fingerprint density at radius 3 is 2.17 bits per heavy atom. The van der Waals surface area contributed by atoms with Crippen molar-refractivity contribution < 1.29 is 4.92 Å². The third kappa shape index (κ3) is 3.75. The smallest absolute Gasteiger partial charge is 0.272 e. The van der Waals surface area contributed by atoms with Gasteiger partial charge in [-0.2, -0.15) is 0 Å². The molecule has 0 amide bonds. The van der Waals surface area contributed by atoms with E-state index in [1.807, 2.05) is 0 Å². The van der Waals surface area contributed by atoms with E-state index in [4.69, 9.17) is 23.2 Å². The van der Waals surface area contributed by atoms with Crippen LogP contribution in [0.3, 0.4) is 0 Å². The van der Waals surface area contributed by atoms with Crippen LogP contribution in [0.25, 0.3) is 0 Å². The zero-order chi connectivity index (χ0) is 13.7. The van der Waals surface area contributed by atoms with Gasteiger partial charge in [-0.25, -0.2) is 0 Å². The highest BCUT2D eigenvalue weighted by Gasteiger charge is 2.15. The minimum atomic E-state index is -0.511. The minimum Gasteiger partial charge on any atom is -0.382 e. The van der Waals surface area contributed by atoms with Gasteiger partial charge in [0, 0.05) is 18.7 Å². The van der Waals surface area contributed by atoms with E-state index in [-0.39, 0.29) is 15.7 Å². The van der Waals surface area contributed by atoms with Crippen molar-refractivity contribution in [2.45, 2.75) is 26.7 Å². The van der Waals surface area contributed by atoms with Gasteiger partial charge < -0.3 is 5.32 Å². The molecule has 0 fully saturated rings. The zero-order valence-electron chi connectivity index (χ0n) is 10.4. The molecule has 1 rings (SSSR count). The number of benzene rings is 1. The number of nitro groups is 1. The van der Waals surface area contributed by atoms with Gasteiger partial charge in [0.2, 0.25) is 0 Å². The molecular formula is C12H16Cl2N2O2. The van der Waals surface area contributed by atoms with Crippen molar-refractivity contribution >= 4 is 34.6 Å². The van der Waals surface area contributed by atoms with Crippen molar-refractivity contribution in [1.82, 2.24) is 0 Å². The monoisotopic (exact) mass is 290 g/mol. The molecule has 0 heterocycles. The van der Waals surface area contributed by atoms with Gasteiger partial charge in [0.25, 0.3) is 5.69 Å². The normalized spacial score (nSPS) is 10.7. The molecule has 0 aromatic heterocycles. The molecule has 0 atom stereocenters. The predicted octanol–water partition coefficient (Wildman–Crippen LogP) is 4.75. The van der Waals surface area contributed by atoms with E-state index in [1.54, 1.807) is 0 Å². The second-order valence-electron chi connectivity index (χ2n) is 4.10. The van der Waals surface area contributed by atoms with Gasteiger partial charge in [0.05, 0.1) is 20.7 Å². The fourth-order valence-electron chi connectivity index (χ4n) is 1.66. The Kier molecular flexibility index (Phi) is 5.69. The molecule has 0 aliphatic rings. The van der Waals surface area contributed by atoms with Gasteiger partial charge in [0.1, 0.15) is 0 Å². The first-order valence-corrected chi connectivity index (χ1v) is 6.62. The summed E-state index contributed by atoms with van der Waals surface area (Å²) in [4.78, 5) is 10.1. The molecule has 0 saturated heterocycles. The van der Waals surface area contributed by atoms with Crippen LogP contribution in [0.5, 0.6) is 0 Å². The van der Waals surface area contributed by atoms with Crippen molar-refractivity contribution in [1.29, 1.82) is 0 Å². The molecule has 0 bridgehead atoms. The van der Waals surface area contributed by atoms with Gasteiger partial charge in [-0.05, 0) is 5.92 Å². The summed E-state index contributed by atoms with van der Waals surface area (Å²) in [5.74, 6) is 0.535. The second kappa shape index (κ2) is 6.81. The summed E-state index contributed by atoms with van der Waals surface area (Å²) >= 11 is 12.0. The summed E-state index contributed by atoms with van der Waals surface area (Å²) in [7, 11) is 0. The molecule has 1 N–H and O–H groups in total. The second-order valence-corrected chi connectivity index (χ2v) is 4.92. The van der Waals surface area contributed by atoms with Crippen molar-refractivity contribution in [3.63, 3.8) is 0 Å². The molecule has 0 saturated carbocycles. The number of halogens is 2. The van der Waals surface area contributed by atoms with Crippen LogP contribution in [0.2, 0.25) is 10.0 Å². The van der Waals surface area contributed by atoms with E-state index in [0.29, 0.717) is 11.6 Å². The molecule has 1 aromatic carbocycles. The highest BCUT2D eigenvalue weighted by Crippen LogP contribution is 2.34. The molecule has 4 nitrogen and oxygen atoms in total. The molecule has 18 heavy (non-hydrogen) atoms. The van der Waals surface area contributed by atoms with E-state index < -0.39 is 4.92 Å². The molecule has 0 aliphatic heterocycles. The lowest BCUT2D eigenvalue weighted by Crippen LogP contribution is -2.13. The number of nitrogens with one attached hydrogen (secondary N) is 1. The van der Waals surface area contributed by atoms with Crippen LogP contribution < -0.4 is 5.32 Å². The number of hydrogen-bond donors (Lipinski definition) is 1. The fourth-order valence-corrected chi connectivity index (χ4v) is 2.27. The number of anilines is 1. The minimum absolute atomic E-state index is 0.0990. The Bertz CT molecular complexity index is 411. The van der Waals surface area contributed by atoms with Crippen LogP contribution in [-0.4, -0.2) is 11.5 Å². The lowest BCUT2D eigenvalue weighted by molar-refractivity contribution is -0.384. The van der Waals surface area contributed by atoms with Crippen molar-refractivity contribution in [2.75, 3.05) is 11.9 Å². The third-order valence-corrected chi connectivity index (χ3v) is 3.56. The Balaban J connectivity index is 2.87. The van der Waals surface area contributed by atoms with Crippen LogP contribution in [0, 0.1) is 16.0 Å². The Labute approximate surface area is 116 Å². The maximum absolute atomic E-state index is 10.6. The van der Waals surface area contributed by atoms with Crippen LogP contribution >= 0.6 is 23.2 Å². The van der Waals surface area contributed by atoms with E-state index in [1.165, 1.54) is 12.1 Å². The summed E-state index contributed by atoms with van der Waals surface area (Å²) in [6.45, 7) is 4.99. The van der Waals surface area contributed by atoms with Gasteiger partial charge in [-0.1, -0.05) is 49.9 Å². The van der Waals surface area contributed by atoms with E-state index in [9.17, 15) is 10.1 Å². The summed E-state index contributed by atoms with van der Waals surface area (Å²) in [5, 5.41) is 14.4. The number of nitro benzene ring substituents is 1. The van der Waals surface area contributed by atoms with Crippen molar-refractivity contribution in [3.05, 3.63) is 32.3 Å². The molecule has 0 aliphatic carbocycles. The zero-order valence-corrected chi connectivity index (χ0v) is 11.9. The topological polar surface area (TPSA) is 55.2 Å². The average molecular weight is 291 g/mol. The van der Waals surface area contributed by atoms with E-state index >= 15 is 0 Å². The average Bonchev–Trinajstić information content (AvgIpc) is 2.32. The van der Waals surface area contributed by atoms with Crippen molar-refractivity contribution in [3.8, 4) is 0 Å². The largest absolute Gasteiger partial charge is 0.382 e. The SMILES string of the molecule is CCC(CC)CNc1c(Cl)cc([N+](=O)[O-])cc1Cl. The quantitative estimate of drug-likeness (QED) is 0.607. The maximum Gasteiger partial charge on any atom is 0.272 e. The first-order chi connectivity index (χ1) is 8.49. The summed E-state index contributed by atoms with van der Waals surface area (Å²) < 4.78 is 0. The highest BCUT2D eigenvalue weighted by molar-refractivity contribution is 6.39.